The lowest BCUT2D eigenvalue weighted by Gasteiger charge is -2.26. The van der Waals surface area contributed by atoms with Crippen LogP contribution in [0.1, 0.15) is 18.7 Å². The number of morpholine rings is 1. The molecule has 0 aliphatic carbocycles. The normalized spacial score (nSPS) is 14.8. The quantitative estimate of drug-likeness (QED) is 0.514. The van der Waals surface area contributed by atoms with E-state index in [1.165, 1.54) is 16.4 Å². The van der Waals surface area contributed by atoms with Crippen LogP contribution in [0, 0.1) is 0 Å². The first-order valence-electron chi connectivity index (χ1n) is 10.5. The fourth-order valence-electron chi connectivity index (χ4n) is 3.38. The second-order valence-electron chi connectivity index (χ2n) is 7.43. The molecule has 4 rings (SSSR count). The molecule has 11 heteroatoms. The molecule has 174 valence electrons. The average Bonchev–Trinajstić information content (AvgIpc) is 3.29. The second kappa shape index (κ2) is 10.4. The van der Waals surface area contributed by atoms with Crippen LogP contribution in [-0.2, 0) is 26.0 Å². The standard InChI is InChI=1S/C22H23ClN4O5S/c23-19-5-2-1-4-18(19)22-25-21(32-26-22)7-3-6-20(28)24-16-8-10-17(11-9-16)33(29,30)27-12-14-31-15-13-27/h1-2,4-5,8-11H,3,6-7,12-15H2,(H,24,28). The lowest BCUT2D eigenvalue weighted by Crippen LogP contribution is -2.40. The van der Waals surface area contributed by atoms with Crippen molar-refractivity contribution < 1.29 is 22.5 Å². The van der Waals surface area contributed by atoms with Crippen LogP contribution < -0.4 is 5.32 Å². The topological polar surface area (TPSA) is 115 Å². The van der Waals surface area contributed by atoms with Crippen LogP contribution in [0.4, 0.5) is 5.69 Å². The number of halogens is 1. The zero-order chi connectivity index (χ0) is 23.3. The summed E-state index contributed by atoms with van der Waals surface area (Å²) < 4.78 is 37.2. The van der Waals surface area contributed by atoms with Gasteiger partial charge in [0.05, 0.1) is 23.1 Å². The van der Waals surface area contributed by atoms with Crippen molar-refractivity contribution in [3.63, 3.8) is 0 Å². The zero-order valence-corrected chi connectivity index (χ0v) is 19.3. The molecule has 2 aromatic carbocycles. The number of nitrogens with zero attached hydrogens (tertiary/aromatic N) is 3. The minimum Gasteiger partial charge on any atom is -0.379 e. The van der Waals surface area contributed by atoms with Crippen LogP contribution >= 0.6 is 11.6 Å². The van der Waals surface area contributed by atoms with E-state index in [9.17, 15) is 13.2 Å². The SMILES string of the molecule is O=C(CCCc1nc(-c2ccccc2Cl)no1)Nc1ccc(S(=O)(=O)N2CCOCC2)cc1. The van der Waals surface area contributed by atoms with Crippen LogP contribution in [0.25, 0.3) is 11.4 Å². The van der Waals surface area contributed by atoms with Crippen LogP contribution in [0.3, 0.4) is 0 Å². The predicted octanol–water partition coefficient (Wildman–Crippen LogP) is 3.37. The van der Waals surface area contributed by atoms with Crippen LogP contribution in [0.2, 0.25) is 5.02 Å². The molecule has 1 aliphatic rings. The third-order valence-corrected chi connectivity index (χ3v) is 7.37. The van der Waals surface area contributed by atoms with Gasteiger partial charge in [-0.3, -0.25) is 4.79 Å². The van der Waals surface area contributed by atoms with E-state index in [1.807, 2.05) is 18.2 Å². The van der Waals surface area contributed by atoms with Gasteiger partial charge in [-0.1, -0.05) is 28.9 Å². The first-order chi connectivity index (χ1) is 15.9. The number of benzene rings is 2. The highest BCUT2D eigenvalue weighted by Gasteiger charge is 2.26. The first kappa shape index (κ1) is 23.4. The number of aromatic nitrogens is 2. The van der Waals surface area contributed by atoms with Crippen molar-refractivity contribution in [1.29, 1.82) is 0 Å². The van der Waals surface area contributed by atoms with E-state index in [0.717, 1.165) is 0 Å². The van der Waals surface area contributed by atoms with Gasteiger partial charge in [-0.05, 0) is 42.8 Å². The summed E-state index contributed by atoms with van der Waals surface area (Å²) >= 11 is 6.15. The van der Waals surface area contributed by atoms with Crippen LogP contribution in [-0.4, -0.2) is 55.1 Å². The van der Waals surface area contributed by atoms with E-state index >= 15 is 0 Å². The first-order valence-corrected chi connectivity index (χ1v) is 12.3. The third kappa shape index (κ3) is 5.77. The third-order valence-electron chi connectivity index (χ3n) is 5.12. The fraction of sp³-hybridized carbons (Fsp3) is 0.318. The van der Waals surface area contributed by atoms with Gasteiger partial charge in [0, 0.05) is 37.2 Å². The fourth-order valence-corrected chi connectivity index (χ4v) is 5.01. The lowest BCUT2D eigenvalue weighted by molar-refractivity contribution is -0.116. The number of carbonyl (C=O) groups excluding carboxylic acids is 1. The number of carbonyl (C=O) groups is 1. The maximum absolute atomic E-state index is 12.7. The number of amides is 1. The predicted molar refractivity (Wildman–Crippen MR) is 122 cm³/mol. The van der Waals surface area contributed by atoms with Crippen LogP contribution in [0.5, 0.6) is 0 Å². The molecule has 1 amide bonds. The van der Waals surface area contributed by atoms with E-state index in [1.54, 1.807) is 18.2 Å². The summed E-state index contributed by atoms with van der Waals surface area (Å²) in [5, 5.41) is 7.25. The van der Waals surface area contributed by atoms with Crippen molar-refractivity contribution in [2.45, 2.75) is 24.2 Å². The maximum Gasteiger partial charge on any atom is 0.243 e. The molecule has 0 atom stereocenters. The molecular weight excluding hydrogens is 468 g/mol. The lowest BCUT2D eigenvalue weighted by atomic mass is 10.2. The van der Waals surface area contributed by atoms with Crippen molar-refractivity contribution in [3.8, 4) is 11.4 Å². The molecule has 0 saturated carbocycles. The van der Waals surface area contributed by atoms with Crippen molar-refractivity contribution >= 4 is 33.2 Å². The number of sulfonamides is 1. The number of nitrogens with one attached hydrogen (secondary N) is 1. The molecular formula is C22H23ClN4O5S. The maximum atomic E-state index is 12.7. The Morgan fingerprint density at radius 2 is 1.82 bits per heavy atom. The molecule has 3 aromatic rings. The van der Waals surface area contributed by atoms with Gasteiger partial charge >= 0.3 is 0 Å². The average molecular weight is 491 g/mol. The molecule has 1 fully saturated rings. The molecule has 2 heterocycles. The highest BCUT2D eigenvalue weighted by Crippen LogP contribution is 2.25. The van der Waals surface area contributed by atoms with Crippen LogP contribution in [0.15, 0.2) is 57.9 Å². The van der Waals surface area contributed by atoms with E-state index in [0.29, 0.717) is 67.1 Å². The van der Waals surface area contributed by atoms with Crippen molar-refractivity contribution in [1.82, 2.24) is 14.4 Å². The van der Waals surface area contributed by atoms with Gasteiger partial charge in [0.25, 0.3) is 0 Å². The second-order valence-corrected chi connectivity index (χ2v) is 9.78. The number of aryl methyl sites for hydroxylation is 1. The van der Waals surface area contributed by atoms with Crippen molar-refractivity contribution in [2.24, 2.45) is 0 Å². The Labute approximate surface area is 196 Å². The van der Waals surface area contributed by atoms with E-state index in [2.05, 4.69) is 15.5 Å². The summed E-state index contributed by atoms with van der Waals surface area (Å²) in [7, 11) is -3.56. The van der Waals surface area contributed by atoms with Gasteiger partial charge in [0.2, 0.25) is 27.6 Å². The molecule has 0 unspecified atom stereocenters. The molecule has 0 radical (unpaired) electrons. The largest absolute Gasteiger partial charge is 0.379 e. The Balaban J connectivity index is 1.27. The number of hydrogen-bond donors (Lipinski definition) is 1. The Morgan fingerprint density at radius 1 is 1.09 bits per heavy atom. The Bertz CT molecular complexity index is 1210. The number of ether oxygens (including phenoxy) is 1. The highest BCUT2D eigenvalue weighted by atomic mass is 35.5. The van der Waals surface area contributed by atoms with Gasteiger partial charge in [-0.25, -0.2) is 8.42 Å². The Kier molecular flexibility index (Phi) is 7.39. The molecule has 1 aromatic heterocycles. The summed E-state index contributed by atoms with van der Waals surface area (Å²) in [6, 6.07) is 13.4. The number of hydrogen-bond acceptors (Lipinski definition) is 7. The Morgan fingerprint density at radius 3 is 2.55 bits per heavy atom. The minimum atomic E-state index is -3.56. The molecule has 1 saturated heterocycles. The molecule has 0 spiro atoms. The van der Waals surface area contributed by atoms with Crippen molar-refractivity contribution in [2.75, 3.05) is 31.6 Å². The van der Waals surface area contributed by atoms with E-state index < -0.39 is 10.0 Å². The summed E-state index contributed by atoms with van der Waals surface area (Å²) in [5.41, 5.74) is 1.21. The van der Waals surface area contributed by atoms with E-state index in [-0.39, 0.29) is 17.2 Å². The monoisotopic (exact) mass is 490 g/mol. The summed E-state index contributed by atoms with van der Waals surface area (Å²) in [6.07, 6.45) is 1.21. The summed E-state index contributed by atoms with van der Waals surface area (Å²) in [6.45, 7) is 1.44. The van der Waals surface area contributed by atoms with Gasteiger partial charge in [0.15, 0.2) is 0 Å². The molecule has 9 nitrogen and oxygen atoms in total. The smallest absolute Gasteiger partial charge is 0.243 e. The summed E-state index contributed by atoms with van der Waals surface area (Å²) in [4.78, 5) is 16.8. The molecule has 1 N–H and O–H groups in total. The van der Waals surface area contributed by atoms with E-state index in [4.69, 9.17) is 20.9 Å². The van der Waals surface area contributed by atoms with Gasteiger partial charge in [0.1, 0.15) is 0 Å². The number of anilines is 1. The Hall–Kier alpha value is -2.79. The molecule has 1 aliphatic heterocycles. The summed E-state index contributed by atoms with van der Waals surface area (Å²) in [5.74, 6) is 0.646. The minimum absolute atomic E-state index is 0.188. The van der Waals surface area contributed by atoms with Gasteiger partial charge < -0.3 is 14.6 Å². The highest BCUT2D eigenvalue weighted by molar-refractivity contribution is 7.89. The molecule has 0 bridgehead atoms. The zero-order valence-electron chi connectivity index (χ0n) is 17.7. The molecule has 33 heavy (non-hydrogen) atoms. The van der Waals surface area contributed by atoms with Crippen molar-refractivity contribution in [3.05, 3.63) is 59.4 Å². The van der Waals surface area contributed by atoms with Gasteiger partial charge in [-0.2, -0.15) is 9.29 Å². The van der Waals surface area contributed by atoms with Gasteiger partial charge in [-0.15, -0.1) is 0 Å². The number of rotatable bonds is 8.